The molecule has 1 amide bonds. The quantitative estimate of drug-likeness (QED) is 0.907. The topological polar surface area (TPSA) is 42.2 Å². The van der Waals surface area contributed by atoms with Gasteiger partial charge in [0.15, 0.2) is 4.67 Å². The van der Waals surface area contributed by atoms with E-state index in [9.17, 15) is 4.79 Å². The minimum atomic E-state index is -0.0794. The molecule has 1 heterocycles. The van der Waals surface area contributed by atoms with Crippen LogP contribution in [-0.4, -0.2) is 11.9 Å². The molecular formula is C12H16BrNO2. The van der Waals surface area contributed by atoms with E-state index < -0.39 is 0 Å². The van der Waals surface area contributed by atoms with Crippen molar-refractivity contribution in [1.82, 2.24) is 5.32 Å². The van der Waals surface area contributed by atoms with Crippen LogP contribution in [0.3, 0.4) is 0 Å². The lowest BCUT2D eigenvalue weighted by Crippen LogP contribution is -2.29. The normalized spacial score (nSPS) is 21.8. The van der Waals surface area contributed by atoms with Crippen molar-refractivity contribution < 1.29 is 9.21 Å². The molecule has 0 bridgehead atoms. The summed E-state index contributed by atoms with van der Waals surface area (Å²) in [5.74, 6) is -0.0794. The summed E-state index contributed by atoms with van der Waals surface area (Å²) < 4.78 is 5.53. The van der Waals surface area contributed by atoms with E-state index in [0.29, 0.717) is 10.2 Å². The lowest BCUT2D eigenvalue weighted by Gasteiger charge is -2.05. The largest absolute Gasteiger partial charge is 0.457 e. The Hall–Kier alpha value is -0.770. The van der Waals surface area contributed by atoms with Crippen molar-refractivity contribution in [2.45, 2.75) is 33.7 Å². The first kappa shape index (κ1) is 11.7. The van der Waals surface area contributed by atoms with E-state index >= 15 is 0 Å². The SMILES string of the molecule is CC1(C)C(NC(=O)c2ccoc2Br)C1(C)C. The monoisotopic (exact) mass is 285 g/mol. The summed E-state index contributed by atoms with van der Waals surface area (Å²) in [5.41, 5.74) is 0.857. The molecule has 0 atom stereocenters. The van der Waals surface area contributed by atoms with Gasteiger partial charge in [0.25, 0.3) is 5.91 Å². The van der Waals surface area contributed by atoms with Crippen LogP contribution in [0.5, 0.6) is 0 Å². The first-order valence-corrected chi connectivity index (χ1v) is 6.11. The van der Waals surface area contributed by atoms with Gasteiger partial charge in [-0.2, -0.15) is 0 Å². The number of furan rings is 1. The predicted octanol–water partition coefficient (Wildman–Crippen LogP) is 3.21. The molecule has 0 radical (unpaired) electrons. The fourth-order valence-electron chi connectivity index (χ4n) is 2.22. The Bertz CT molecular complexity index is 420. The number of carbonyl (C=O) groups is 1. The van der Waals surface area contributed by atoms with E-state index in [2.05, 4.69) is 48.9 Å². The highest BCUT2D eigenvalue weighted by molar-refractivity contribution is 9.10. The summed E-state index contributed by atoms with van der Waals surface area (Å²) in [6, 6.07) is 1.89. The van der Waals surface area contributed by atoms with Gasteiger partial charge in [0.1, 0.15) is 0 Å². The third-order valence-electron chi connectivity index (χ3n) is 4.16. The van der Waals surface area contributed by atoms with E-state index in [1.54, 1.807) is 6.07 Å². The molecule has 1 fully saturated rings. The number of carbonyl (C=O) groups excluding carboxylic acids is 1. The maximum atomic E-state index is 12.0. The highest BCUT2D eigenvalue weighted by Gasteiger charge is 2.65. The van der Waals surface area contributed by atoms with Crippen LogP contribution in [0.4, 0.5) is 0 Å². The van der Waals surface area contributed by atoms with Crippen LogP contribution in [-0.2, 0) is 0 Å². The molecule has 1 saturated carbocycles. The standard InChI is InChI=1S/C12H16BrNO2/c1-11(2)10(12(11,3)4)14-9(15)7-5-6-16-8(7)13/h5-6,10H,1-4H3,(H,14,15). The first-order valence-electron chi connectivity index (χ1n) is 5.32. The smallest absolute Gasteiger partial charge is 0.256 e. The van der Waals surface area contributed by atoms with Crippen molar-refractivity contribution in [2.75, 3.05) is 0 Å². The number of rotatable bonds is 2. The van der Waals surface area contributed by atoms with Gasteiger partial charge in [-0.3, -0.25) is 4.79 Å². The first-order chi connectivity index (χ1) is 7.28. The molecule has 3 nitrogen and oxygen atoms in total. The van der Waals surface area contributed by atoms with Crippen molar-refractivity contribution in [3.05, 3.63) is 22.6 Å². The molecule has 1 aliphatic rings. The van der Waals surface area contributed by atoms with E-state index in [1.807, 2.05) is 0 Å². The summed E-state index contributed by atoms with van der Waals surface area (Å²) in [6.07, 6.45) is 1.50. The summed E-state index contributed by atoms with van der Waals surface area (Å²) in [7, 11) is 0. The minimum Gasteiger partial charge on any atom is -0.457 e. The lowest BCUT2D eigenvalue weighted by molar-refractivity contribution is 0.0942. The van der Waals surface area contributed by atoms with Gasteiger partial charge in [0.2, 0.25) is 0 Å². The van der Waals surface area contributed by atoms with Crippen LogP contribution in [0.2, 0.25) is 0 Å². The summed E-state index contributed by atoms with van der Waals surface area (Å²) in [5, 5.41) is 3.05. The molecule has 1 aromatic rings. The Morgan fingerprint density at radius 3 is 2.31 bits per heavy atom. The molecule has 16 heavy (non-hydrogen) atoms. The number of hydrogen-bond donors (Lipinski definition) is 1. The highest BCUT2D eigenvalue weighted by atomic mass is 79.9. The molecule has 1 aliphatic carbocycles. The summed E-state index contributed by atoms with van der Waals surface area (Å²) in [6.45, 7) is 8.68. The average molecular weight is 286 g/mol. The van der Waals surface area contributed by atoms with Crippen LogP contribution in [0.1, 0.15) is 38.1 Å². The van der Waals surface area contributed by atoms with Gasteiger partial charge >= 0.3 is 0 Å². The van der Waals surface area contributed by atoms with Crippen molar-refractivity contribution >= 4 is 21.8 Å². The zero-order chi connectivity index (χ0) is 12.1. The van der Waals surface area contributed by atoms with E-state index in [1.165, 1.54) is 6.26 Å². The maximum absolute atomic E-state index is 12.0. The third-order valence-corrected chi connectivity index (χ3v) is 4.77. The molecule has 4 heteroatoms. The number of hydrogen-bond acceptors (Lipinski definition) is 2. The van der Waals surface area contributed by atoms with Gasteiger partial charge in [0.05, 0.1) is 11.8 Å². The Labute approximate surface area is 104 Å². The Balaban J connectivity index is 2.09. The summed E-state index contributed by atoms with van der Waals surface area (Å²) in [4.78, 5) is 12.0. The highest BCUT2D eigenvalue weighted by Crippen LogP contribution is 2.62. The molecule has 0 unspecified atom stereocenters. The zero-order valence-corrected chi connectivity index (χ0v) is 11.5. The van der Waals surface area contributed by atoms with E-state index in [-0.39, 0.29) is 22.8 Å². The Morgan fingerprint density at radius 2 is 1.94 bits per heavy atom. The molecule has 0 spiro atoms. The van der Waals surface area contributed by atoms with Gasteiger partial charge in [-0.25, -0.2) is 0 Å². The second kappa shape index (κ2) is 3.36. The average Bonchev–Trinajstić information content (AvgIpc) is 2.57. The van der Waals surface area contributed by atoms with Gasteiger partial charge in [-0.15, -0.1) is 0 Å². The third kappa shape index (κ3) is 1.51. The lowest BCUT2D eigenvalue weighted by atomic mass is 10.0. The van der Waals surface area contributed by atoms with Crippen LogP contribution < -0.4 is 5.32 Å². The fraction of sp³-hybridized carbons (Fsp3) is 0.583. The Morgan fingerprint density at radius 1 is 1.38 bits per heavy atom. The summed E-state index contributed by atoms with van der Waals surface area (Å²) >= 11 is 3.21. The van der Waals surface area contributed by atoms with Gasteiger partial charge < -0.3 is 9.73 Å². The number of halogens is 1. The molecule has 2 rings (SSSR count). The molecular weight excluding hydrogens is 270 g/mol. The predicted molar refractivity (Wildman–Crippen MR) is 65.2 cm³/mol. The number of amides is 1. The molecule has 88 valence electrons. The van der Waals surface area contributed by atoms with Crippen molar-refractivity contribution in [3.8, 4) is 0 Å². The molecule has 0 aromatic carbocycles. The zero-order valence-electron chi connectivity index (χ0n) is 9.93. The molecule has 0 saturated heterocycles. The van der Waals surface area contributed by atoms with E-state index in [0.717, 1.165) is 0 Å². The molecule has 0 aliphatic heterocycles. The van der Waals surface area contributed by atoms with Gasteiger partial charge in [-0.05, 0) is 32.8 Å². The van der Waals surface area contributed by atoms with Crippen molar-refractivity contribution in [2.24, 2.45) is 10.8 Å². The second-order valence-corrected chi connectivity index (χ2v) is 6.18. The van der Waals surface area contributed by atoms with Gasteiger partial charge in [0, 0.05) is 6.04 Å². The van der Waals surface area contributed by atoms with Crippen LogP contribution in [0.25, 0.3) is 0 Å². The Kier molecular flexibility index (Phi) is 2.46. The molecule has 1 N–H and O–H groups in total. The van der Waals surface area contributed by atoms with Crippen LogP contribution >= 0.6 is 15.9 Å². The minimum absolute atomic E-state index is 0.0794. The fourth-order valence-corrected chi connectivity index (χ4v) is 2.64. The molecule has 1 aromatic heterocycles. The van der Waals surface area contributed by atoms with Crippen molar-refractivity contribution in [1.29, 1.82) is 0 Å². The van der Waals surface area contributed by atoms with Crippen molar-refractivity contribution in [3.63, 3.8) is 0 Å². The number of nitrogens with one attached hydrogen (secondary N) is 1. The maximum Gasteiger partial charge on any atom is 0.256 e. The van der Waals surface area contributed by atoms with Crippen LogP contribution in [0.15, 0.2) is 21.4 Å². The van der Waals surface area contributed by atoms with Crippen LogP contribution in [0, 0.1) is 10.8 Å². The van der Waals surface area contributed by atoms with Gasteiger partial charge in [-0.1, -0.05) is 27.7 Å². The second-order valence-electron chi connectivity index (χ2n) is 5.46. The van der Waals surface area contributed by atoms with E-state index in [4.69, 9.17) is 4.42 Å².